The summed E-state index contributed by atoms with van der Waals surface area (Å²) >= 11 is 3.42. The minimum atomic E-state index is -0.723. The van der Waals surface area contributed by atoms with Gasteiger partial charge in [-0.25, -0.2) is 9.48 Å². The van der Waals surface area contributed by atoms with Crippen LogP contribution in [0.5, 0.6) is 0 Å². The monoisotopic (exact) mass is 490 g/mol. The lowest BCUT2D eigenvalue weighted by Gasteiger charge is -2.02. The fourth-order valence-electron chi connectivity index (χ4n) is 2.84. The molecule has 2 N–H and O–H groups in total. The second kappa shape index (κ2) is 10.4. The highest BCUT2D eigenvalue weighted by Crippen LogP contribution is 2.26. The first-order chi connectivity index (χ1) is 15.4. The molecule has 0 unspecified atom stereocenters. The molecule has 0 atom stereocenters. The van der Waals surface area contributed by atoms with E-state index < -0.39 is 18.4 Å². The summed E-state index contributed by atoms with van der Waals surface area (Å²) in [4.78, 5) is 24.1. The van der Waals surface area contributed by atoms with E-state index in [9.17, 15) is 9.59 Å². The molecule has 0 amide bonds. The lowest BCUT2D eigenvalue weighted by atomic mass is 10.1. The van der Waals surface area contributed by atoms with Gasteiger partial charge in [-0.05, 0) is 37.3 Å². The maximum absolute atomic E-state index is 12.1. The standard InChI is InChI=1S/C24H19BrN4O3/c1-16(27)21(13-26)22(30)15-32-23(31)12-9-18-14-29(20-5-3-2-4-6-20)28-24(18)17-7-10-19(25)11-8-17/h2-12,14H,15,27H2,1H3/b12-9+,21-16+. The number of carbonyl (C=O) groups excluding carboxylic acids is 2. The van der Waals surface area contributed by atoms with E-state index in [1.54, 1.807) is 23.0 Å². The van der Waals surface area contributed by atoms with E-state index in [0.29, 0.717) is 11.3 Å². The predicted octanol–water partition coefficient (Wildman–Crippen LogP) is 4.18. The van der Waals surface area contributed by atoms with E-state index in [1.807, 2.05) is 54.6 Å². The SMILES string of the molecule is C/C(N)=C(/C#N)C(=O)COC(=O)/C=C/c1cn(-c2ccccc2)nc1-c1ccc(Br)cc1. The number of ether oxygens (including phenoxy) is 1. The number of carbonyl (C=O) groups is 2. The molecule has 7 nitrogen and oxygen atoms in total. The number of rotatable bonds is 7. The summed E-state index contributed by atoms with van der Waals surface area (Å²) in [6.07, 6.45) is 4.59. The molecule has 0 saturated carbocycles. The van der Waals surface area contributed by atoms with Gasteiger partial charge in [-0.1, -0.05) is 46.3 Å². The zero-order chi connectivity index (χ0) is 23.1. The van der Waals surface area contributed by atoms with Crippen LogP contribution in [0, 0.1) is 11.3 Å². The van der Waals surface area contributed by atoms with Crippen LogP contribution in [0.2, 0.25) is 0 Å². The first-order valence-corrected chi connectivity index (χ1v) is 10.3. The quantitative estimate of drug-likeness (QED) is 0.302. The smallest absolute Gasteiger partial charge is 0.331 e. The Morgan fingerprint density at radius 2 is 1.88 bits per heavy atom. The molecule has 0 aliphatic carbocycles. The van der Waals surface area contributed by atoms with Gasteiger partial charge in [0, 0.05) is 33.6 Å². The molecular formula is C24H19BrN4O3. The summed E-state index contributed by atoms with van der Waals surface area (Å²) in [6, 6.07) is 18.9. The van der Waals surface area contributed by atoms with Crippen LogP contribution in [-0.2, 0) is 14.3 Å². The normalized spacial score (nSPS) is 11.7. The van der Waals surface area contributed by atoms with Crippen LogP contribution in [-0.4, -0.2) is 28.1 Å². The van der Waals surface area contributed by atoms with Crippen LogP contribution in [0.25, 0.3) is 23.0 Å². The van der Waals surface area contributed by atoms with Gasteiger partial charge in [0.1, 0.15) is 11.6 Å². The summed E-state index contributed by atoms with van der Waals surface area (Å²) in [5.74, 6) is -1.37. The minimum Gasteiger partial charge on any atom is -0.454 e. The summed E-state index contributed by atoms with van der Waals surface area (Å²) < 4.78 is 7.62. The molecule has 3 aromatic rings. The van der Waals surface area contributed by atoms with Crippen LogP contribution in [0.1, 0.15) is 12.5 Å². The van der Waals surface area contributed by atoms with Crippen molar-refractivity contribution in [2.75, 3.05) is 6.61 Å². The van der Waals surface area contributed by atoms with Crippen molar-refractivity contribution in [3.05, 3.63) is 88.2 Å². The topological polar surface area (TPSA) is 111 Å². The Bertz CT molecular complexity index is 1230. The number of aromatic nitrogens is 2. The lowest BCUT2D eigenvalue weighted by Crippen LogP contribution is -2.16. The number of hydrogen-bond donors (Lipinski definition) is 1. The number of halogens is 1. The third kappa shape index (κ3) is 5.59. The van der Waals surface area contributed by atoms with Gasteiger partial charge < -0.3 is 10.5 Å². The number of benzene rings is 2. The number of nitrogens with two attached hydrogens (primary N) is 1. The van der Waals surface area contributed by atoms with Crippen molar-refractivity contribution in [3.8, 4) is 23.0 Å². The highest BCUT2D eigenvalue weighted by atomic mass is 79.9. The summed E-state index contributed by atoms with van der Waals surface area (Å²) in [7, 11) is 0. The Labute approximate surface area is 193 Å². The molecule has 32 heavy (non-hydrogen) atoms. The van der Waals surface area contributed by atoms with Gasteiger partial charge in [0.25, 0.3) is 0 Å². The van der Waals surface area contributed by atoms with Gasteiger partial charge in [0.15, 0.2) is 6.61 Å². The van der Waals surface area contributed by atoms with Crippen LogP contribution < -0.4 is 5.73 Å². The minimum absolute atomic E-state index is 0.0801. The highest BCUT2D eigenvalue weighted by Gasteiger charge is 2.14. The zero-order valence-corrected chi connectivity index (χ0v) is 18.7. The fourth-order valence-corrected chi connectivity index (χ4v) is 3.10. The number of para-hydroxylation sites is 1. The van der Waals surface area contributed by atoms with Crippen molar-refractivity contribution in [1.82, 2.24) is 9.78 Å². The molecule has 0 bridgehead atoms. The van der Waals surface area contributed by atoms with Crippen molar-refractivity contribution >= 4 is 33.8 Å². The largest absolute Gasteiger partial charge is 0.454 e. The Hall–Kier alpha value is -3.96. The van der Waals surface area contributed by atoms with Gasteiger partial charge in [-0.3, -0.25) is 4.79 Å². The number of nitriles is 1. The van der Waals surface area contributed by atoms with E-state index in [2.05, 4.69) is 21.0 Å². The average molecular weight is 491 g/mol. The summed E-state index contributed by atoms with van der Waals surface area (Å²) in [6.45, 7) is 0.871. The molecule has 3 rings (SSSR count). The van der Waals surface area contributed by atoms with Crippen molar-refractivity contribution in [2.24, 2.45) is 5.73 Å². The highest BCUT2D eigenvalue weighted by molar-refractivity contribution is 9.10. The van der Waals surface area contributed by atoms with E-state index in [0.717, 1.165) is 15.7 Å². The molecule has 0 saturated heterocycles. The van der Waals surface area contributed by atoms with Gasteiger partial charge in [-0.2, -0.15) is 10.4 Å². The fraction of sp³-hybridized carbons (Fsp3) is 0.0833. The van der Waals surface area contributed by atoms with Crippen LogP contribution >= 0.6 is 15.9 Å². The number of Topliss-reactive ketones (excluding diaryl/α,β-unsaturated/α-hetero) is 1. The third-order valence-corrected chi connectivity index (χ3v) is 4.94. The molecule has 0 fully saturated rings. The average Bonchev–Trinajstić information content (AvgIpc) is 3.22. The molecule has 0 radical (unpaired) electrons. The van der Waals surface area contributed by atoms with Gasteiger partial charge >= 0.3 is 5.97 Å². The number of nitrogens with zero attached hydrogens (tertiary/aromatic N) is 3. The Morgan fingerprint density at radius 3 is 2.50 bits per heavy atom. The molecule has 0 aliphatic rings. The van der Waals surface area contributed by atoms with E-state index in [4.69, 9.17) is 15.7 Å². The molecule has 0 spiro atoms. The Kier molecular flexibility index (Phi) is 7.37. The Balaban J connectivity index is 1.84. The maximum atomic E-state index is 12.1. The van der Waals surface area contributed by atoms with E-state index >= 15 is 0 Å². The predicted molar refractivity (Wildman–Crippen MR) is 124 cm³/mol. The lowest BCUT2D eigenvalue weighted by molar-refractivity contribution is -0.141. The summed E-state index contributed by atoms with van der Waals surface area (Å²) in [5.41, 5.74) is 8.45. The summed E-state index contributed by atoms with van der Waals surface area (Å²) in [5, 5.41) is 13.6. The molecular weight excluding hydrogens is 472 g/mol. The van der Waals surface area contributed by atoms with Crippen LogP contribution in [0.4, 0.5) is 0 Å². The number of allylic oxidation sites excluding steroid dienone is 1. The molecule has 1 aromatic heterocycles. The van der Waals surface area contributed by atoms with Crippen molar-refractivity contribution in [2.45, 2.75) is 6.92 Å². The molecule has 0 aliphatic heterocycles. The first-order valence-electron chi connectivity index (χ1n) is 9.54. The number of ketones is 1. The van der Waals surface area contributed by atoms with Gasteiger partial charge in [0.05, 0.1) is 11.4 Å². The molecule has 1 heterocycles. The Morgan fingerprint density at radius 1 is 1.19 bits per heavy atom. The maximum Gasteiger partial charge on any atom is 0.331 e. The number of hydrogen-bond acceptors (Lipinski definition) is 6. The molecule has 2 aromatic carbocycles. The van der Waals surface area contributed by atoms with Crippen LogP contribution in [0.15, 0.2) is 82.6 Å². The van der Waals surface area contributed by atoms with E-state index in [-0.39, 0.29) is 11.3 Å². The number of esters is 1. The second-order valence-corrected chi connectivity index (χ2v) is 7.67. The van der Waals surface area contributed by atoms with Crippen molar-refractivity contribution in [3.63, 3.8) is 0 Å². The van der Waals surface area contributed by atoms with E-state index in [1.165, 1.54) is 13.0 Å². The van der Waals surface area contributed by atoms with Crippen LogP contribution in [0.3, 0.4) is 0 Å². The zero-order valence-electron chi connectivity index (χ0n) is 17.2. The second-order valence-electron chi connectivity index (χ2n) is 6.75. The molecule has 8 heteroatoms. The van der Waals surface area contributed by atoms with Crippen molar-refractivity contribution < 1.29 is 14.3 Å². The first kappa shape index (κ1) is 22.7. The molecule has 160 valence electrons. The van der Waals surface area contributed by atoms with Gasteiger partial charge in [0.2, 0.25) is 5.78 Å². The van der Waals surface area contributed by atoms with Crippen molar-refractivity contribution in [1.29, 1.82) is 5.26 Å². The third-order valence-electron chi connectivity index (χ3n) is 4.41. The van der Waals surface area contributed by atoms with Gasteiger partial charge in [-0.15, -0.1) is 0 Å².